The number of nitrogens with zero attached hydrogens (tertiary/aromatic N) is 2. The van der Waals surface area contributed by atoms with E-state index in [0.29, 0.717) is 19.3 Å². The Kier molecular flexibility index (Phi) is 4.54. The van der Waals surface area contributed by atoms with Crippen LogP contribution in [-0.4, -0.2) is 92.0 Å². The number of amides is 2. The van der Waals surface area contributed by atoms with Gasteiger partial charge in [-0.2, -0.15) is 0 Å². The van der Waals surface area contributed by atoms with Gasteiger partial charge in [0.25, 0.3) is 11.8 Å². The van der Waals surface area contributed by atoms with E-state index in [1.165, 1.54) is 28.5 Å². The first-order valence-electron chi connectivity index (χ1n) is 12.9. The summed E-state index contributed by atoms with van der Waals surface area (Å²) in [6.07, 6.45) is 4.53. The van der Waals surface area contributed by atoms with E-state index in [2.05, 4.69) is 0 Å². The van der Waals surface area contributed by atoms with E-state index >= 15 is 0 Å². The topological polar surface area (TPSA) is 118 Å². The summed E-state index contributed by atoms with van der Waals surface area (Å²) in [5, 5.41) is 0. The first-order valence-corrected chi connectivity index (χ1v) is 15.1. The summed E-state index contributed by atoms with van der Waals surface area (Å²) in [7, 11) is 2.93. The summed E-state index contributed by atoms with van der Waals surface area (Å²) >= 11 is 0. The molecule has 7 fully saturated rings. The van der Waals surface area contributed by atoms with E-state index in [1.807, 2.05) is 19.1 Å². The fraction of sp³-hybridized carbons (Fsp3) is 0.680. The van der Waals surface area contributed by atoms with Crippen molar-refractivity contribution in [2.45, 2.75) is 104 Å². The Morgan fingerprint density at radius 3 is 1.92 bits per heavy atom. The molecule has 10 atom stereocenters. The summed E-state index contributed by atoms with van der Waals surface area (Å²) in [5.41, 5.74) is 1.87. The summed E-state index contributed by atoms with van der Waals surface area (Å²) in [4.78, 5) is 54.0. The third-order valence-corrected chi connectivity index (χ3v) is 12.4. The van der Waals surface area contributed by atoms with Gasteiger partial charge in [0.05, 0.1) is 12.1 Å². The normalized spacial score (nSPS) is 47.1. The van der Waals surface area contributed by atoms with Crippen molar-refractivity contribution in [1.29, 1.82) is 0 Å². The monoisotopic (exact) mass is 546 g/mol. The maximum atomic E-state index is 14.3. The molecule has 0 aromatic carbocycles. The zero-order valence-corrected chi connectivity index (χ0v) is 21.9. The highest BCUT2D eigenvalue weighted by Gasteiger charge is 2.80. The fourth-order valence-corrected chi connectivity index (χ4v) is 11.0. The molecular formula is C25H26N2O8S2. The highest BCUT2D eigenvalue weighted by molar-refractivity contribution is 8.78. The molecule has 2 spiro atoms. The number of hydrogen-bond donors (Lipinski definition) is 0. The van der Waals surface area contributed by atoms with Gasteiger partial charge in [0, 0.05) is 26.2 Å². The van der Waals surface area contributed by atoms with Gasteiger partial charge in [-0.15, -0.1) is 0 Å². The molecule has 0 aromatic heterocycles. The van der Waals surface area contributed by atoms with Crippen LogP contribution in [0, 0.1) is 0 Å². The maximum Gasteiger partial charge on any atom is 0.306 e. The highest BCUT2D eigenvalue weighted by Crippen LogP contribution is 2.71. The second kappa shape index (κ2) is 7.34. The first-order chi connectivity index (χ1) is 17.8. The van der Waals surface area contributed by atoms with Gasteiger partial charge >= 0.3 is 11.9 Å². The van der Waals surface area contributed by atoms with E-state index in [0.717, 1.165) is 24.0 Å². The standard InChI is InChI=1S/C25H26N2O8S2/c1-3-4-5-15(29)33-14-7-12-9-25-23(31)26-16-11(6-13(32-10(2)28)18-20(16)34-18)8-24(26,36-37-25)22(30)27(25)17(12)21-19(14)35-21/h6-7,13-14,16-21H,3-5,8-9H2,1-2H3/t13-,14-,16-,17-,18-,19-,20+,21+,24+,25+/m0/s1. The van der Waals surface area contributed by atoms with Gasteiger partial charge in [-0.1, -0.05) is 34.9 Å². The minimum absolute atomic E-state index is 0.0755. The number of carbonyl (C=O) groups excluding carboxylic acids is 4. The lowest BCUT2D eigenvalue weighted by molar-refractivity contribution is -0.166. The van der Waals surface area contributed by atoms with Crippen molar-refractivity contribution in [3.8, 4) is 0 Å². The van der Waals surface area contributed by atoms with Gasteiger partial charge < -0.3 is 28.7 Å². The number of unbranched alkanes of at least 4 members (excludes halogenated alkanes) is 1. The van der Waals surface area contributed by atoms with Gasteiger partial charge in [-0.25, -0.2) is 0 Å². The molecule has 0 unspecified atom stereocenters. The largest absolute Gasteiger partial charge is 0.455 e. The molecule has 0 saturated carbocycles. The number of carbonyl (C=O) groups is 4. The molecule has 37 heavy (non-hydrogen) atoms. The summed E-state index contributed by atoms with van der Waals surface area (Å²) in [6, 6.07) is -0.649. The molecule has 9 aliphatic rings. The highest BCUT2D eigenvalue weighted by atomic mass is 33.1. The second-order valence-electron chi connectivity index (χ2n) is 11.1. The Bertz CT molecular complexity index is 1230. The van der Waals surface area contributed by atoms with Gasteiger partial charge in [0.2, 0.25) is 0 Å². The van der Waals surface area contributed by atoms with Crippen LogP contribution in [0.5, 0.6) is 0 Å². The van der Waals surface area contributed by atoms with Crippen LogP contribution in [0.4, 0.5) is 0 Å². The summed E-state index contributed by atoms with van der Waals surface area (Å²) in [5.74, 6) is -0.779. The second-order valence-corrected chi connectivity index (χ2v) is 13.8. The molecular weight excluding hydrogens is 520 g/mol. The SMILES string of the molecule is CCCCC(=O)O[C@H]1C=C2C[C@@]34SS[C@]5(CC6=C[C@H](OC(C)=O)[C@@H]7O[C@@H]7[C@H]6N5C3=O)C(=O)N4[C@@H]2[C@H]2O[C@H]21. The maximum absolute atomic E-state index is 14.3. The Hall–Kier alpha value is -2.02. The van der Waals surface area contributed by atoms with Crippen molar-refractivity contribution in [3.05, 3.63) is 23.3 Å². The molecule has 0 radical (unpaired) electrons. The van der Waals surface area contributed by atoms with Crippen LogP contribution in [0.15, 0.2) is 23.3 Å². The molecule has 7 saturated heterocycles. The van der Waals surface area contributed by atoms with Crippen molar-refractivity contribution in [2.24, 2.45) is 0 Å². The Morgan fingerprint density at radius 1 is 0.919 bits per heavy atom. The van der Waals surface area contributed by atoms with Gasteiger partial charge in [-0.3, -0.25) is 19.2 Å². The summed E-state index contributed by atoms with van der Waals surface area (Å²) < 4.78 is 23.1. The van der Waals surface area contributed by atoms with Gasteiger partial charge in [0.15, 0.2) is 9.74 Å². The first kappa shape index (κ1) is 22.9. The average molecular weight is 547 g/mol. The molecule has 7 heterocycles. The number of rotatable bonds is 5. The molecule has 7 aliphatic heterocycles. The molecule has 2 aliphatic carbocycles. The Morgan fingerprint density at radius 2 is 1.43 bits per heavy atom. The molecule has 10 nitrogen and oxygen atoms in total. The van der Waals surface area contributed by atoms with Crippen LogP contribution in [0.25, 0.3) is 0 Å². The van der Waals surface area contributed by atoms with E-state index in [9.17, 15) is 19.2 Å². The van der Waals surface area contributed by atoms with Crippen molar-refractivity contribution in [1.82, 2.24) is 9.80 Å². The van der Waals surface area contributed by atoms with Crippen LogP contribution >= 0.6 is 21.6 Å². The zero-order valence-electron chi connectivity index (χ0n) is 20.3. The molecule has 9 rings (SSSR count). The van der Waals surface area contributed by atoms with Crippen LogP contribution in [0.3, 0.4) is 0 Å². The molecule has 0 N–H and O–H groups in total. The third kappa shape index (κ3) is 2.82. The number of hydrogen-bond acceptors (Lipinski definition) is 10. The van der Waals surface area contributed by atoms with Crippen LogP contribution < -0.4 is 0 Å². The van der Waals surface area contributed by atoms with Gasteiger partial charge in [0.1, 0.15) is 36.6 Å². The molecule has 0 aromatic rings. The predicted octanol–water partition coefficient (Wildman–Crippen LogP) is 1.44. The predicted molar refractivity (Wildman–Crippen MR) is 130 cm³/mol. The molecule has 196 valence electrons. The summed E-state index contributed by atoms with van der Waals surface area (Å²) in [6.45, 7) is 3.39. The molecule has 2 amide bonds. The van der Waals surface area contributed by atoms with Crippen molar-refractivity contribution < 1.29 is 38.1 Å². The van der Waals surface area contributed by atoms with Crippen LogP contribution in [-0.2, 0) is 38.1 Å². The van der Waals surface area contributed by atoms with Crippen molar-refractivity contribution in [2.75, 3.05) is 0 Å². The number of esters is 2. The number of epoxide rings is 2. The average Bonchev–Trinajstić information content (AvgIpc) is 3.76. The number of fused-ring (bicyclic) bond motifs is 7. The molecule has 12 heteroatoms. The molecule has 2 bridgehead atoms. The van der Waals surface area contributed by atoms with E-state index in [4.69, 9.17) is 18.9 Å². The minimum Gasteiger partial charge on any atom is -0.455 e. The number of piperazine rings is 1. The van der Waals surface area contributed by atoms with Crippen molar-refractivity contribution >= 4 is 45.3 Å². The van der Waals surface area contributed by atoms with Crippen molar-refractivity contribution in [3.63, 3.8) is 0 Å². The Labute approximate surface area is 220 Å². The van der Waals surface area contributed by atoms with E-state index in [-0.39, 0.29) is 60.3 Å². The number of ether oxygens (including phenoxy) is 4. The smallest absolute Gasteiger partial charge is 0.306 e. The lowest BCUT2D eigenvalue weighted by Gasteiger charge is -2.58. The van der Waals surface area contributed by atoms with Crippen LogP contribution in [0.1, 0.15) is 46.0 Å². The quantitative estimate of drug-likeness (QED) is 0.217. The third-order valence-electron chi connectivity index (χ3n) is 8.86. The minimum atomic E-state index is -1.05. The zero-order chi connectivity index (χ0) is 25.4. The van der Waals surface area contributed by atoms with Crippen LogP contribution in [0.2, 0.25) is 0 Å². The van der Waals surface area contributed by atoms with E-state index < -0.39 is 21.9 Å². The Balaban J connectivity index is 1.13. The van der Waals surface area contributed by atoms with Gasteiger partial charge in [-0.05, 0) is 29.7 Å². The fourth-order valence-electron chi connectivity index (χ4n) is 7.25. The van der Waals surface area contributed by atoms with E-state index in [1.54, 1.807) is 9.80 Å². The lowest BCUT2D eigenvalue weighted by Crippen LogP contribution is -2.76. The lowest BCUT2D eigenvalue weighted by atomic mass is 9.91.